The second kappa shape index (κ2) is 8.14. The second-order valence-corrected chi connectivity index (χ2v) is 6.26. The first kappa shape index (κ1) is 18.3. The van der Waals surface area contributed by atoms with Gasteiger partial charge >= 0.3 is 5.91 Å². The van der Waals surface area contributed by atoms with Crippen molar-refractivity contribution in [2.75, 3.05) is 19.4 Å². The average molecular weight is 367 g/mol. The molecule has 0 aliphatic heterocycles. The van der Waals surface area contributed by atoms with Crippen LogP contribution >= 0.6 is 23.8 Å². The quantitative estimate of drug-likeness (QED) is 0.571. The van der Waals surface area contributed by atoms with E-state index in [-0.39, 0.29) is 10.9 Å². The zero-order chi connectivity index (χ0) is 17.7. The van der Waals surface area contributed by atoms with Gasteiger partial charge in [-0.2, -0.15) is 0 Å². The van der Waals surface area contributed by atoms with Gasteiger partial charge in [-0.1, -0.05) is 17.7 Å². The highest BCUT2D eigenvalue weighted by molar-refractivity contribution is 7.80. The van der Waals surface area contributed by atoms with Crippen LogP contribution in [0.2, 0.25) is 5.02 Å². The van der Waals surface area contributed by atoms with E-state index in [0.717, 1.165) is 11.3 Å². The molecular weight excluding hydrogens is 348 g/mol. The molecule has 1 amide bonds. The lowest BCUT2D eigenvalue weighted by Gasteiger charge is -2.13. The summed E-state index contributed by atoms with van der Waals surface area (Å²) in [4.78, 5) is 14.0. The highest BCUT2D eigenvalue weighted by atomic mass is 35.5. The monoisotopic (exact) mass is 366 g/mol. The van der Waals surface area contributed by atoms with Gasteiger partial charge in [0.2, 0.25) is 0 Å². The van der Waals surface area contributed by atoms with Crippen molar-refractivity contribution < 1.29 is 9.21 Å². The van der Waals surface area contributed by atoms with E-state index in [1.165, 1.54) is 0 Å². The number of carbonyl (C=O) groups excluding carboxylic acids is 1. The number of hydrogen-bond acceptors (Lipinski definition) is 4. The normalized spacial score (nSPS) is 10.5. The largest absolute Gasteiger partial charge is 0.454 e. The molecule has 0 atom stereocenters. The van der Waals surface area contributed by atoms with Gasteiger partial charge in [-0.25, -0.2) is 0 Å². The molecule has 1 aromatic heterocycles. The number of amides is 1. The summed E-state index contributed by atoms with van der Waals surface area (Å²) in [6.45, 7) is 2.50. The van der Waals surface area contributed by atoms with Gasteiger partial charge in [0.15, 0.2) is 10.9 Å². The fraction of sp³-hybridized carbons (Fsp3) is 0.250. The molecule has 1 aromatic carbocycles. The standard InChI is InChI=1S/C16H19ClN4O2S/c1-10-12(17)5-4-6-13(10)18-16(24)20-19-15(22)14-8-7-11(23-14)9-21(2)3/h4-8H,9H2,1-3H3,(H,19,22)(H2,18,20,24). The number of furan rings is 1. The first-order valence-corrected chi connectivity index (χ1v) is 8.01. The number of hydrogen-bond donors (Lipinski definition) is 3. The maximum atomic E-state index is 12.0. The molecule has 3 N–H and O–H groups in total. The van der Waals surface area contributed by atoms with Crippen LogP contribution < -0.4 is 16.2 Å². The van der Waals surface area contributed by atoms with E-state index in [4.69, 9.17) is 28.2 Å². The first-order chi connectivity index (χ1) is 11.4. The van der Waals surface area contributed by atoms with Crippen LogP contribution in [0.4, 0.5) is 5.69 Å². The molecule has 0 saturated carbocycles. The van der Waals surface area contributed by atoms with Crippen LogP contribution in [0.1, 0.15) is 21.9 Å². The summed E-state index contributed by atoms with van der Waals surface area (Å²) in [6.07, 6.45) is 0. The molecule has 6 nitrogen and oxygen atoms in total. The van der Waals surface area contributed by atoms with Crippen molar-refractivity contribution >= 4 is 40.5 Å². The Kier molecular flexibility index (Phi) is 6.19. The van der Waals surface area contributed by atoms with Crippen LogP contribution in [-0.4, -0.2) is 30.0 Å². The van der Waals surface area contributed by atoms with Crippen molar-refractivity contribution in [1.82, 2.24) is 15.8 Å². The smallest absolute Gasteiger partial charge is 0.305 e. The first-order valence-electron chi connectivity index (χ1n) is 7.22. The van der Waals surface area contributed by atoms with E-state index in [2.05, 4.69) is 16.2 Å². The van der Waals surface area contributed by atoms with Gasteiger partial charge in [0, 0.05) is 10.7 Å². The van der Waals surface area contributed by atoms with Gasteiger partial charge in [0.25, 0.3) is 0 Å². The fourth-order valence-electron chi connectivity index (χ4n) is 1.97. The second-order valence-electron chi connectivity index (χ2n) is 5.45. The van der Waals surface area contributed by atoms with Crippen LogP contribution in [0, 0.1) is 6.92 Å². The van der Waals surface area contributed by atoms with Crippen molar-refractivity contribution in [3.63, 3.8) is 0 Å². The van der Waals surface area contributed by atoms with Gasteiger partial charge in [0.05, 0.1) is 6.54 Å². The van der Waals surface area contributed by atoms with Gasteiger partial charge < -0.3 is 14.6 Å². The minimum atomic E-state index is -0.410. The molecular formula is C16H19ClN4O2S. The summed E-state index contributed by atoms with van der Waals surface area (Å²) in [5.74, 6) is 0.508. The number of rotatable bonds is 4. The molecule has 0 fully saturated rings. The molecule has 1 heterocycles. The van der Waals surface area contributed by atoms with Gasteiger partial charge in [-0.3, -0.25) is 15.6 Å². The number of carbonyl (C=O) groups is 1. The maximum absolute atomic E-state index is 12.0. The van der Waals surface area contributed by atoms with E-state index < -0.39 is 5.91 Å². The number of nitrogens with one attached hydrogen (secondary N) is 3. The third-order valence-electron chi connectivity index (χ3n) is 3.16. The summed E-state index contributed by atoms with van der Waals surface area (Å²) >= 11 is 11.2. The molecule has 0 bridgehead atoms. The number of nitrogens with zero attached hydrogens (tertiary/aromatic N) is 1. The molecule has 2 rings (SSSR count). The van der Waals surface area contributed by atoms with Gasteiger partial charge in [0.1, 0.15) is 5.76 Å². The van der Waals surface area contributed by atoms with Crippen LogP contribution in [0.25, 0.3) is 0 Å². The van der Waals surface area contributed by atoms with Crippen LogP contribution in [0.3, 0.4) is 0 Å². The van der Waals surface area contributed by atoms with Crippen molar-refractivity contribution in [2.24, 2.45) is 0 Å². The van der Waals surface area contributed by atoms with E-state index >= 15 is 0 Å². The summed E-state index contributed by atoms with van der Waals surface area (Å²) in [5.41, 5.74) is 6.75. The predicted octanol–water partition coefficient (Wildman–Crippen LogP) is 2.93. The van der Waals surface area contributed by atoms with Crippen molar-refractivity contribution in [1.29, 1.82) is 0 Å². The summed E-state index contributed by atoms with van der Waals surface area (Å²) in [7, 11) is 3.84. The lowest BCUT2D eigenvalue weighted by atomic mass is 10.2. The highest BCUT2D eigenvalue weighted by Crippen LogP contribution is 2.22. The van der Waals surface area contributed by atoms with Gasteiger partial charge in [-0.05, 0) is 63.1 Å². The van der Waals surface area contributed by atoms with E-state index in [1.807, 2.05) is 38.1 Å². The lowest BCUT2D eigenvalue weighted by Crippen LogP contribution is -2.43. The van der Waals surface area contributed by atoms with E-state index in [1.54, 1.807) is 18.2 Å². The van der Waals surface area contributed by atoms with Crippen molar-refractivity contribution in [3.05, 3.63) is 52.4 Å². The van der Waals surface area contributed by atoms with Crippen molar-refractivity contribution in [3.8, 4) is 0 Å². The Morgan fingerprint density at radius 2 is 2.00 bits per heavy atom. The minimum absolute atomic E-state index is 0.209. The topological polar surface area (TPSA) is 69.5 Å². The van der Waals surface area contributed by atoms with Gasteiger partial charge in [-0.15, -0.1) is 0 Å². The number of anilines is 1. The molecule has 0 radical (unpaired) electrons. The minimum Gasteiger partial charge on any atom is -0.454 e. The summed E-state index contributed by atoms with van der Waals surface area (Å²) in [6, 6.07) is 8.84. The molecule has 0 aliphatic rings. The van der Waals surface area contributed by atoms with Crippen LogP contribution in [0.15, 0.2) is 34.7 Å². The molecule has 128 valence electrons. The number of hydrazine groups is 1. The number of thiocarbonyl (C=S) groups is 1. The zero-order valence-corrected chi connectivity index (χ0v) is 15.2. The summed E-state index contributed by atoms with van der Waals surface area (Å²) < 4.78 is 5.47. The molecule has 8 heteroatoms. The molecule has 0 unspecified atom stereocenters. The average Bonchev–Trinajstić information content (AvgIpc) is 2.97. The molecule has 0 saturated heterocycles. The Bertz CT molecular complexity index is 745. The Balaban J connectivity index is 1.88. The van der Waals surface area contributed by atoms with Crippen molar-refractivity contribution in [2.45, 2.75) is 13.5 Å². The Morgan fingerprint density at radius 3 is 2.71 bits per heavy atom. The Hall–Kier alpha value is -2.09. The maximum Gasteiger partial charge on any atom is 0.305 e. The molecule has 0 aliphatic carbocycles. The van der Waals surface area contributed by atoms with E-state index in [0.29, 0.717) is 17.3 Å². The lowest BCUT2D eigenvalue weighted by molar-refractivity contribution is 0.0913. The molecule has 0 spiro atoms. The predicted molar refractivity (Wildman–Crippen MR) is 99.1 cm³/mol. The Labute approximate surface area is 151 Å². The van der Waals surface area contributed by atoms with Crippen LogP contribution in [0.5, 0.6) is 0 Å². The molecule has 24 heavy (non-hydrogen) atoms. The number of halogens is 1. The zero-order valence-electron chi connectivity index (χ0n) is 13.6. The Morgan fingerprint density at radius 1 is 1.25 bits per heavy atom. The third-order valence-corrected chi connectivity index (χ3v) is 3.78. The fourth-order valence-corrected chi connectivity index (χ4v) is 2.30. The van der Waals surface area contributed by atoms with Crippen LogP contribution in [-0.2, 0) is 6.54 Å². The highest BCUT2D eigenvalue weighted by Gasteiger charge is 2.12. The van der Waals surface area contributed by atoms with E-state index in [9.17, 15) is 4.79 Å². The third kappa shape index (κ3) is 4.95. The molecule has 2 aromatic rings. The summed E-state index contributed by atoms with van der Waals surface area (Å²) in [5, 5.41) is 3.85. The SMILES string of the molecule is Cc1c(Cl)cccc1NC(=S)NNC(=O)c1ccc(CN(C)C)o1. The number of benzene rings is 1.